The summed E-state index contributed by atoms with van der Waals surface area (Å²) in [6.07, 6.45) is 1.19. The molecule has 0 amide bonds. The highest BCUT2D eigenvalue weighted by Gasteiger charge is 2.18. The van der Waals surface area contributed by atoms with Gasteiger partial charge in [0, 0.05) is 19.1 Å². The Morgan fingerprint density at radius 3 is 3.00 bits per heavy atom. The molecule has 1 aliphatic heterocycles. The number of halogens is 2. The molecular formula is C12H24F2N2O. The van der Waals surface area contributed by atoms with E-state index in [0.29, 0.717) is 12.6 Å². The second-order valence-electron chi connectivity index (χ2n) is 4.56. The Morgan fingerprint density at radius 2 is 2.29 bits per heavy atom. The normalized spacial score (nSPS) is 22.2. The number of nitrogens with zero attached hydrogens (tertiary/aromatic N) is 1. The van der Waals surface area contributed by atoms with E-state index in [-0.39, 0.29) is 0 Å². The molecular weight excluding hydrogens is 226 g/mol. The van der Waals surface area contributed by atoms with Gasteiger partial charge in [-0.25, -0.2) is 8.78 Å². The summed E-state index contributed by atoms with van der Waals surface area (Å²) in [5.74, 6) is 0. The fourth-order valence-corrected chi connectivity index (χ4v) is 2.14. The lowest BCUT2D eigenvalue weighted by molar-refractivity contribution is 0.00719. The predicted octanol–water partition coefficient (Wildman–Crippen LogP) is 1.73. The zero-order valence-electron chi connectivity index (χ0n) is 10.6. The third-order valence-electron chi connectivity index (χ3n) is 2.98. The van der Waals surface area contributed by atoms with Crippen LogP contribution in [-0.4, -0.2) is 56.8 Å². The van der Waals surface area contributed by atoms with Crippen LogP contribution in [0, 0.1) is 0 Å². The van der Waals surface area contributed by atoms with E-state index >= 15 is 0 Å². The third kappa shape index (κ3) is 6.91. The summed E-state index contributed by atoms with van der Waals surface area (Å²) in [4.78, 5) is 2.29. The fourth-order valence-electron chi connectivity index (χ4n) is 2.14. The van der Waals surface area contributed by atoms with E-state index in [4.69, 9.17) is 4.74 Å². The first-order valence-electron chi connectivity index (χ1n) is 6.54. The lowest BCUT2D eigenvalue weighted by Crippen LogP contribution is -2.46. The molecule has 0 aromatic carbocycles. The zero-order valence-corrected chi connectivity index (χ0v) is 10.6. The predicted molar refractivity (Wildman–Crippen MR) is 64.6 cm³/mol. The Labute approximate surface area is 103 Å². The van der Waals surface area contributed by atoms with Crippen molar-refractivity contribution in [3.05, 3.63) is 0 Å². The van der Waals surface area contributed by atoms with Crippen LogP contribution in [0.5, 0.6) is 0 Å². The molecule has 102 valence electrons. The third-order valence-corrected chi connectivity index (χ3v) is 2.98. The highest BCUT2D eigenvalue weighted by atomic mass is 19.3. The van der Waals surface area contributed by atoms with Gasteiger partial charge in [-0.2, -0.15) is 0 Å². The molecule has 1 atom stereocenters. The van der Waals surface area contributed by atoms with Crippen molar-refractivity contribution in [2.45, 2.75) is 38.7 Å². The smallest absolute Gasteiger partial charge is 0.261 e. The van der Waals surface area contributed by atoms with E-state index in [1.165, 1.54) is 12.8 Å². The summed E-state index contributed by atoms with van der Waals surface area (Å²) >= 11 is 0. The largest absolute Gasteiger partial charge is 0.374 e. The summed E-state index contributed by atoms with van der Waals surface area (Å²) < 4.78 is 28.6. The van der Waals surface area contributed by atoms with Gasteiger partial charge in [-0.05, 0) is 32.4 Å². The van der Waals surface area contributed by atoms with Crippen molar-refractivity contribution in [2.24, 2.45) is 0 Å². The van der Waals surface area contributed by atoms with Gasteiger partial charge in [0.15, 0.2) is 0 Å². The molecule has 17 heavy (non-hydrogen) atoms. The van der Waals surface area contributed by atoms with Crippen LogP contribution in [0.15, 0.2) is 0 Å². The SMILES string of the molecule is CCCNC1CCCN(CCOCC(F)F)C1. The molecule has 1 saturated heterocycles. The molecule has 1 unspecified atom stereocenters. The molecule has 0 spiro atoms. The maximum absolute atomic E-state index is 11.9. The molecule has 0 aromatic heterocycles. The van der Waals surface area contributed by atoms with Gasteiger partial charge < -0.3 is 10.1 Å². The van der Waals surface area contributed by atoms with Crippen molar-refractivity contribution in [1.82, 2.24) is 10.2 Å². The van der Waals surface area contributed by atoms with E-state index in [1.54, 1.807) is 0 Å². The minimum atomic E-state index is -2.35. The van der Waals surface area contributed by atoms with Crippen LogP contribution in [0.3, 0.4) is 0 Å². The number of hydrogen-bond donors (Lipinski definition) is 1. The van der Waals surface area contributed by atoms with Crippen molar-refractivity contribution >= 4 is 0 Å². The second kappa shape index (κ2) is 8.78. The van der Waals surface area contributed by atoms with E-state index in [9.17, 15) is 8.78 Å². The van der Waals surface area contributed by atoms with Crippen LogP contribution >= 0.6 is 0 Å². The molecule has 5 heteroatoms. The highest BCUT2D eigenvalue weighted by molar-refractivity contribution is 4.77. The molecule has 0 aromatic rings. The van der Waals surface area contributed by atoms with Crippen molar-refractivity contribution in [3.63, 3.8) is 0 Å². The number of nitrogens with one attached hydrogen (secondary N) is 1. The number of hydrogen-bond acceptors (Lipinski definition) is 3. The maximum atomic E-state index is 11.9. The molecule has 1 rings (SSSR count). The van der Waals surface area contributed by atoms with Gasteiger partial charge >= 0.3 is 0 Å². The number of piperidine rings is 1. The summed E-state index contributed by atoms with van der Waals surface area (Å²) in [5, 5.41) is 3.51. The number of rotatable bonds is 8. The van der Waals surface area contributed by atoms with Crippen LogP contribution < -0.4 is 5.32 Å². The maximum Gasteiger partial charge on any atom is 0.261 e. The standard InChI is InChI=1S/C12H24F2N2O/c1-2-5-15-11-4-3-6-16(9-11)7-8-17-10-12(13)14/h11-12,15H,2-10H2,1H3. The van der Waals surface area contributed by atoms with Gasteiger partial charge in [0.2, 0.25) is 0 Å². The summed E-state index contributed by atoms with van der Waals surface area (Å²) in [7, 11) is 0. The zero-order chi connectivity index (χ0) is 12.5. The van der Waals surface area contributed by atoms with Crippen LogP contribution in [0.4, 0.5) is 8.78 Å². The molecule has 0 saturated carbocycles. The van der Waals surface area contributed by atoms with Crippen molar-refractivity contribution in [1.29, 1.82) is 0 Å². The first kappa shape index (κ1) is 14.8. The first-order chi connectivity index (χ1) is 8.22. The minimum Gasteiger partial charge on any atom is -0.374 e. The van der Waals surface area contributed by atoms with Gasteiger partial charge in [-0.3, -0.25) is 4.90 Å². The highest BCUT2D eigenvalue weighted by Crippen LogP contribution is 2.09. The monoisotopic (exact) mass is 250 g/mol. The second-order valence-corrected chi connectivity index (χ2v) is 4.56. The lowest BCUT2D eigenvalue weighted by atomic mass is 10.1. The fraction of sp³-hybridized carbons (Fsp3) is 1.00. The Balaban J connectivity index is 2.07. The van der Waals surface area contributed by atoms with Gasteiger partial charge in [-0.15, -0.1) is 0 Å². The van der Waals surface area contributed by atoms with Crippen LogP contribution in [0.25, 0.3) is 0 Å². The minimum absolute atomic E-state index is 0.408. The number of alkyl halides is 2. The van der Waals surface area contributed by atoms with E-state index in [1.807, 2.05) is 0 Å². The Morgan fingerprint density at radius 1 is 1.47 bits per heavy atom. The molecule has 1 aliphatic rings. The van der Waals surface area contributed by atoms with Gasteiger partial charge in [0.1, 0.15) is 6.61 Å². The summed E-state index contributed by atoms with van der Waals surface area (Å²) in [5.41, 5.74) is 0. The summed E-state index contributed by atoms with van der Waals surface area (Å²) in [6.45, 7) is 6.01. The van der Waals surface area contributed by atoms with Crippen LogP contribution in [-0.2, 0) is 4.74 Å². The Hall–Kier alpha value is -0.260. The molecule has 0 bridgehead atoms. The van der Waals surface area contributed by atoms with Crippen molar-refractivity contribution in [2.75, 3.05) is 39.4 Å². The van der Waals surface area contributed by atoms with E-state index in [0.717, 1.165) is 32.6 Å². The average molecular weight is 250 g/mol. The van der Waals surface area contributed by atoms with Gasteiger partial charge in [0.25, 0.3) is 6.43 Å². The number of likely N-dealkylation sites (tertiary alicyclic amines) is 1. The molecule has 3 nitrogen and oxygen atoms in total. The first-order valence-corrected chi connectivity index (χ1v) is 6.54. The van der Waals surface area contributed by atoms with Crippen LogP contribution in [0.2, 0.25) is 0 Å². The number of ether oxygens (including phenoxy) is 1. The molecule has 1 N–H and O–H groups in total. The Bertz CT molecular complexity index is 193. The molecule has 1 heterocycles. The van der Waals surface area contributed by atoms with Crippen molar-refractivity contribution in [3.8, 4) is 0 Å². The summed E-state index contributed by atoms with van der Waals surface area (Å²) in [6, 6.07) is 0.554. The lowest BCUT2D eigenvalue weighted by Gasteiger charge is -2.33. The quantitative estimate of drug-likeness (QED) is 0.664. The Kier molecular flexibility index (Phi) is 7.64. The van der Waals surface area contributed by atoms with Gasteiger partial charge in [-0.1, -0.05) is 6.92 Å². The topological polar surface area (TPSA) is 24.5 Å². The molecule has 0 radical (unpaired) electrons. The average Bonchev–Trinajstić information content (AvgIpc) is 2.32. The van der Waals surface area contributed by atoms with E-state index in [2.05, 4.69) is 17.1 Å². The van der Waals surface area contributed by atoms with E-state index < -0.39 is 13.0 Å². The van der Waals surface area contributed by atoms with Crippen molar-refractivity contribution < 1.29 is 13.5 Å². The molecule has 0 aliphatic carbocycles. The molecule has 1 fully saturated rings. The van der Waals surface area contributed by atoms with Crippen LogP contribution in [0.1, 0.15) is 26.2 Å². The van der Waals surface area contributed by atoms with Gasteiger partial charge in [0.05, 0.1) is 6.61 Å².